The number of amides is 2. The summed E-state index contributed by atoms with van der Waals surface area (Å²) in [5, 5.41) is 0.374. The third-order valence-electron chi connectivity index (χ3n) is 4.33. The van der Waals surface area contributed by atoms with Gasteiger partial charge in [0.1, 0.15) is 13.2 Å². The first-order valence-corrected chi connectivity index (χ1v) is 11.1. The van der Waals surface area contributed by atoms with E-state index in [1.165, 1.54) is 7.11 Å². The van der Waals surface area contributed by atoms with Crippen molar-refractivity contribution in [2.45, 2.75) is 13.5 Å². The fourth-order valence-electron chi connectivity index (χ4n) is 2.81. The molecular weight excluding hydrogens is 477 g/mol. The van der Waals surface area contributed by atoms with E-state index in [0.717, 1.165) is 22.2 Å². The van der Waals surface area contributed by atoms with Gasteiger partial charge in [-0.1, -0.05) is 35.3 Å². The minimum absolute atomic E-state index is 0.171. The summed E-state index contributed by atoms with van der Waals surface area (Å²) in [4.78, 5) is 37.3. The van der Waals surface area contributed by atoms with Gasteiger partial charge in [0.2, 0.25) is 0 Å². The van der Waals surface area contributed by atoms with Crippen molar-refractivity contribution in [2.24, 2.45) is 0 Å². The summed E-state index contributed by atoms with van der Waals surface area (Å²) in [7, 11) is 1.50. The molecule has 0 unspecified atom stereocenters. The van der Waals surface area contributed by atoms with E-state index in [1.807, 2.05) is 6.07 Å². The van der Waals surface area contributed by atoms with Gasteiger partial charge in [-0.2, -0.15) is 0 Å². The molecule has 1 fully saturated rings. The number of hydrogen-bond acceptors (Lipinski definition) is 7. The highest BCUT2D eigenvalue weighted by molar-refractivity contribution is 8.18. The SMILES string of the molecule is CCOC(=O)CN1C(=O)S/C(=C/c2ccc(OCc3ccc(Cl)c(Cl)c3)c(OC)c2)C1=O. The highest BCUT2D eigenvalue weighted by atomic mass is 35.5. The number of esters is 1. The predicted molar refractivity (Wildman–Crippen MR) is 123 cm³/mol. The molecule has 1 aliphatic heterocycles. The Labute approximate surface area is 199 Å². The smallest absolute Gasteiger partial charge is 0.326 e. The van der Waals surface area contributed by atoms with Crippen LogP contribution in [0, 0.1) is 0 Å². The Kier molecular flexibility index (Phi) is 8.06. The highest BCUT2D eigenvalue weighted by Gasteiger charge is 2.36. The number of carbonyl (C=O) groups excluding carboxylic acids is 3. The van der Waals surface area contributed by atoms with E-state index < -0.39 is 23.7 Å². The van der Waals surface area contributed by atoms with Gasteiger partial charge in [0.25, 0.3) is 11.1 Å². The first kappa shape index (κ1) is 24.0. The topological polar surface area (TPSA) is 82.1 Å². The average molecular weight is 496 g/mol. The second-order valence-corrected chi connectivity index (χ2v) is 8.33. The summed E-state index contributed by atoms with van der Waals surface area (Å²) in [6.07, 6.45) is 1.56. The van der Waals surface area contributed by atoms with Gasteiger partial charge >= 0.3 is 5.97 Å². The van der Waals surface area contributed by atoms with E-state index in [-0.39, 0.29) is 18.1 Å². The fraction of sp³-hybridized carbons (Fsp3) is 0.227. The van der Waals surface area contributed by atoms with Gasteiger partial charge in [0.15, 0.2) is 11.5 Å². The van der Waals surface area contributed by atoms with Crippen LogP contribution in [0.4, 0.5) is 4.79 Å². The summed E-state index contributed by atoms with van der Waals surface area (Å²) >= 11 is 12.7. The minimum atomic E-state index is -0.638. The van der Waals surface area contributed by atoms with Gasteiger partial charge in [-0.15, -0.1) is 0 Å². The van der Waals surface area contributed by atoms with E-state index in [1.54, 1.807) is 43.3 Å². The van der Waals surface area contributed by atoms with Crippen LogP contribution in [0.2, 0.25) is 10.0 Å². The van der Waals surface area contributed by atoms with Gasteiger partial charge in [0.05, 0.1) is 28.7 Å². The van der Waals surface area contributed by atoms with Crippen molar-refractivity contribution in [1.29, 1.82) is 0 Å². The Morgan fingerprint density at radius 3 is 2.56 bits per heavy atom. The molecule has 0 aliphatic carbocycles. The first-order chi connectivity index (χ1) is 15.3. The van der Waals surface area contributed by atoms with E-state index in [0.29, 0.717) is 27.1 Å². The number of thioether (sulfide) groups is 1. The molecule has 0 N–H and O–H groups in total. The number of halogens is 2. The van der Waals surface area contributed by atoms with Gasteiger partial charge in [-0.05, 0) is 60.2 Å². The van der Waals surface area contributed by atoms with Crippen molar-refractivity contribution in [3.05, 3.63) is 62.5 Å². The Bertz CT molecular complexity index is 1090. The second kappa shape index (κ2) is 10.8. The molecule has 168 valence electrons. The normalized spacial score (nSPS) is 14.8. The van der Waals surface area contributed by atoms with E-state index in [9.17, 15) is 14.4 Å². The summed E-state index contributed by atoms with van der Waals surface area (Å²) in [6.45, 7) is 1.65. The first-order valence-electron chi connectivity index (χ1n) is 9.48. The summed E-state index contributed by atoms with van der Waals surface area (Å²) in [5.74, 6) is -0.246. The molecule has 0 saturated carbocycles. The van der Waals surface area contributed by atoms with Gasteiger partial charge in [-0.3, -0.25) is 19.3 Å². The number of hydrogen-bond donors (Lipinski definition) is 0. The molecule has 2 aromatic carbocycles. The molecule has 0 radical (unpaired) electrons. The van der Waals surface area contributed by atoms with Crippen LogP contribution in [-0.4, -0.2) is 42.3 Å². The molecule has 0 aromatic heterocycles. The zero-order valence-corrected chi connectivity index (χ0v) is 19.6. The van der Waals surface area contributed by atoms with Gasteiger partial charge < -0.3 is 14.2 Å². The zero-order chi connectivity index (χ0) is 23.3. The summed E-state index contributed by atoms with van der Waals surface area (Å²) in [5.41, 5.74) is 1.46. The maximum absolute atomic E-state index is 12.5. The Morgan fingerprint density at radius 1 is 1.09 bits per heavy atom. The maximum Gasteiger partial charge on any atom is 0.326 e. The van der Waals surface area contributed by atoms with Crippen LogP contribution >= 0.6 is 35.0 Å². The van der Waals surface area contributed by atoms with Crippen molar-refractivity contribution >= 4 is 58.2 Å². The van der Waals surface area contributed by atoms with Crippen LogP contribution in [-0.2, 0) is 20.9 Å². The molecule has 0 atom stereocenters. The van der Waals surface area contributed by atoms with Crippen LogP contribution in [0.1, 0.15) is 18.1 Å². The predicted octanol–water partition coefficient (Wildman–Crippen LogP) is 5.18. The Balaban J connectivity index is 1.73. The number of benzene rings is 2. The van der Waals surface area contributed by atoms with E-state index >= 15 is 0 Å². The molecule has 0 spiro atoms. The molecular formula is C22H19Cl2NO6S. The van der Waals surface area contributed by atoms with Crippen LogP contribution in [0.15, 0.2) is 41.3 Å². The fourth-order valence-corrected chi connectivity index (χ4v) is 3.97. The van der Waals surface area contributed by atoms with Gasteiger partial charge in [0, 0.05) is 0 Å². The van der Waals surface area contributed by atoms with Gasteiger partial charge in [-0.25, -0.2) is 0 Å². The standard InChI is InChI=1S/C22H19Cl2NO6S/c1-3-30-20(26)11-25-21(27)19(32-22(25)28)10-13-5-7-17(18(9-13)29-2)31-12-14-4-6-15(23)16(24)8-14/h4-10H,3,11-12H2,1-2H3/b19-10+. The lowest BCUT2D eigenvalue weighted by Crippen LogP contribution is -2.34. The number of methoxy groups -OCH3 is 1. The maximum atomic E-state index is 12.5. The lowest BCUT2D eigenvalue weighted by atomic mass is 10.1. The van der Waals surface area contributed by atoms with E-state index in [4.69, 9.17) is 37.4 Å². The lowest BCUT2D eigenvalue weighted by molar-refractivity contribution is -0.145. The third-order valence-corrected chi connectivity index (χ3v) is 5.98. The average Bonchev–Trinajstić information content (AvgIpc) is 3.02. The molecule has 1 aliphatic rings. The van der Waals surface area contributed by atoms with Crippen LogP contribution in [0.25, 0.3) is 6.08 Å². The Hall–Kier alpha value is -2.68. The van der Waals surface area contributed by atoms with Crippen LogP contribution < -0.4 is 9.47 Å². The highest BCUT2D eigenvalue weighted by Crippen LogP contribution is 2.35. The lowest BCUT2D eigenvalue weighted by Gasteiger charge is -2.12. The van der Waals surface area contributed by atoms with Crippen LogP contribution in [0.5, 0.6) is 11.5 Å². The molecule has 1 saturated heterocycles. The number of nitrogens with zero attached hydrogens (tertiary/aromatic N) is 1. The monoisotopic (exact) mass is 495 g/mol. The molecule has 3 rings (SSSR count). The number of carbonyl (C=O) groups is 3. The molecule has 2 amide bonds. The van der Waals surface area contributed by atoms with Crippen molar-refractivity contribution in [3.8, 4) is 11.5 Å². The van der Waals surface area contributed by atoms with Crippen molar-refractivity contribution in [2.75, 3.05) is 20.3 Å². The summed E-state index contributed by atoms with van der Waals surface area (Å²) in [6, 6.07) is 10.3. The molecule has 0 bridgehead atoms. The molecule has 10 heteroatoms. The second-order valence-electron chi connectivity index (χ2n) is 6.52. The zero-order valence-electron chi connectivity index (χ0n) is 17.2. The quantitative estimate of drug-likeness (QED) is 0.368. The van der Waals surface area contributed by atoms with Crippen molar-refractivity contribution in [1.82, 2.24) is 4.90 Å². The third kappa shape index (κ3) is 5.76. The number of rotatable bonds is 8. The molecule has 32 heavy (non-hydrogen) atoms. The Morgan fingerprint density at radius 2 is 1.88 bits per heavy atom. The van der Waals surface area contributed by atoms with Crippen LogP contribution in [0.3, 0.4) is 0 Å². The number of ether oxygens (including phenoxy) is 3. The van der Waals surface area contributed by atoms with E-state index in [2.05, 4.69) is 0 Å². The summed E-state index contributed by atoms with van der Waals surface area (Å²) < 4.78 is 16.0. The van der Waals surface area contributed by atoms with Crippen molar-refractivity contribution < 1.29 is 28.6 Å². The molecule has 1 heterocycles. The van der Waals surface area contributed by atoms with Crippen molar-refractivity contribution in [3.63, 3.8) is 0 Å². The molecule has 2 aromatic rings. The minimum Gasteiger partial charge on any atom is -0.493 e. The number of imide groups is 1. The molecule has 7 nitrogen and oxygen atoms in total. The largest absolute Gasteiger partial charge is 0.493 e.